The molecule has 0 spiro atoms. The van der Waals surface area contributed by atoms with Crippen molar-refractivity contribution in [3.63, 3.8) is 0 Å². The molecule has 1 unspecified atom stereocenters. The fraction of sp³-hybridized carbons (Fsp3) is 0.368. The summed E-state index contributed by atoms with van der Waals surface area (Å²) < 4.78 is 11.2. The first-order valence-electron chi connectivity index (χ1n) is 8.33. The Kier molecular flexibility index (Phi) is 7.01. The number of thiazole rings is 1. The number of carbonyl (C=O) groups excluding carboxylic acids is 1. The van der Waals surface area contributed by atoms with Crippen molar-refractivity contribution >= 4 is 23.3 Å². The molecule has 0 radical (unpaired) electrons. The Bertz CT molecular complexity index is 740. The first-order chi connectivity index (χ1) is 12.0. The maximum Gasteiger partial charge on any atom is 0.244 e. The summed E-state index contributed by atoms with van der Waals surface area (Å²) in [4.78, 5) is 16.4. The molecule has 1 aromatic heterocycles. The topological polar surface area (TPSA) is 60.5 Å². The number of benzene rings is 1. The molecule has 134 valence electrons. The minimum atomic E-state index is -0.162. The van der Waals surface area contributed by atoms with E-state index in [0.29, 0.717) is 24.7 Å². The number of nitrogens with zero attached hydrogens (tertiary/aromatic N) is 1. The number of rotatable bonds is 8. The highest BCUT2D eigenvalue weighted by atomic mass is 32.1. The standard InChI is InChI=1S/C19H24N2O3S/c1-5-23-17-9-7-15(11-18(17)24-6-2)13(3)20-19(22)10-8-16-12-25-14(4)21-16/h7-13H,5-6H2,1-4H3,(H,20,22)/b10-8+. The van der Waals surface area contributed by atoms with Crippen LogP contribution in [0.2, 0.25) is 0 Å². The largest absolute Gasteiger partial charge is 0.490 e. The fourth-order valence-electron chi connectivity index (χ4n) is 2.30. The van der Waals surface area contributed by atoms with Gasteiger partial charge in [-0.05, 0) is 51.5 Å². The Morgan fingerprint density at radius 3 is 2.64 bits per heavy atom. The molecule has 0 bridgehead atoms. The second kappa shape index (κ2) is 9.22. The van der Waals surface area contributed by atoms with Gasteiger partial charge >= 0.3 is 0 Å². The van der Waals surface area contributed by atoms with Crippen molar-refractivity contribution in [2.45, 2.75) is 33.7 Å². The SMILES string of the molecule is CCOc1ccc(C(C)NC(=O)/C=C/c2csc(C)n2)cc1OCC. The smallest absolute Gasteiger partial charge is 0.244 e. The predicted molar refractivity (Wildman–Crippen MR) is 101 cm³/mol. The summed E-state index contributed by atoms with van der Waals surface area (Å²) >= 11 is 1.56. The van der Waals surface area contributed by atoms with Crippen molar-refractivity contribution in [1.29, 1.82) is 0 Å². The average Bonchev–Trinajstić information content (AvgIpc) is 3.00. The van der Waals surface area contributed by atoms with Gasteiger partial charge in [-0.15, -0.1) is 11.3 Å². The molecule has 0 saturated carbocycles. The first-order valence-corrected chi connectivity index (χ1v) is 9.21. The van der Waals surface area contributed by atoms with Crippen LogP contribution < -0.4 is 14.8 Å². The number of nitrogens with one attached hydrogen (secondary N) is 1. The highest BCUT2D eigenvalue weighted by Gasteiger charge is 2.12. The number of carbonyl (C=O) groups is 1. The number of hydrogen-bond donors (Lipinski definition) is 1. The normalized spacial score (nSPS) is 12.2. The van der Waals surface area contributed by atoms with Gasteiger partial charge in [-0.2, -0.15) is 0 Å². The molecule has 2 rings (SSSR count). The predicted octanol–water partition coefficient (Wildman–Crippen LogP) is 4.14. The lowest BCUT2D eigenvalue weighted by atomic mass is 10.1. The third kappa shape index (κ3) is 5.60. The fourth-order valence-corrected chi connectivity index (χ4v) is 2.88. The van der Waals surface area contributed by atoms with E-state index in [0.717, 1.165) is 16.3 Å². The highest BCUT2D eigenvalue weighted by Crippen LogP contribution is 2.30. The van der Waals surface area contributed by atoms with Gasteiger partial charge in [-0.1, -0.05) is 6.07 Å². The maximum absolute atomic E-state index is 12.1. The molecule has 0 aliphatic rings. The first kappa shape index (κ1) is 19.0. The van der Waals surface area contributed by atoms with Gasteiger partial charge in [0.25, 0.3) is 0 Å². The van der Waals surface area contributed by atoms with Gasteiger partial charge in [0.05, 0.1) is 30.0 Å². The van der Waals surface area contributed by atoms with Crippen LogP contribution in [0, 0.1) is 6.92 Å². The van der Waals surface area contributed by atoms with Gasteiger partial charge in [0.15, 0.2) is 11.5 Å². The van der Waals surface area contributed by atoms with Gasteiger partial charge in [-0.25, -0.2) is 4.98 Å². The Hall–Kier alpha value is -2.34. The third-order valence-electron chi connectivity index (χ3n) is 3.47. The van der Waals surface area contributed by atoms with Crippen molar-refractivity contribution in [2.24, 2.45) is 0 Å². The van der Waals surface area contributed by atoms with Crippen molar-refractivity contribution in [3.05, 3.63) is 45.9 Å². The van der Waals surface area contributed by atoms with Crippen molar-refractivity contribution < 1.29 is 14.3 Å². The molecule has 0 saturated heterocycles. The zero-order chi connectivity index (χ0) is 18.2. The van der Waals surface area contributed by atoms with E-state index in [1.165, 1.54) is 6.08 Å². The van der Waals surface area contributed by atoms with E-state index < -0.39 is 0 Å². The Balaban J connectivity index is 2.03. The number of ether oxygens (including phenoxy) is 2. The summed E-state index contributed by atoms with van der Waals surface area (Å²) in [6.45, 7) is 8.87. The van der Waals surface area contributed by atoms with E-state index in [-0.39, 0.29) is 11.9 Å². The minimum absolute atomic E-state index is 0.149. The molecule has 1 amide bonds. The molecule has 0 aliphatic carbocycles. The van der Waals surface area contributed by atoms with Crippen LogP contribution in [0.15, 0.2) is 29.7 Å². The van der Waals surface area contributed by atoms with Crippen LogP contribution in [0.1, 0.15) is 43.1 Å². The quantitative estimate of drug-likeness (QED) is 0.719. The van der Waals surface area contributed by atoms with E-state index in [1.54, 1.807) is 17.4 Å². The van der Waals surface area contributed by atoms with Crippen LogP contribution in [0.4, 0.5) is 0 Å². The monoisotopic (exact) mass is 360 g/mol. The minimum Gasteiger partial charge on any atom is -0.490 e. The van der Waals surface area contributed by atoms with Crippen LogP contribution in [-0.4, -0.2) is 24.1 Å². The van der Waals surface area contributed by atoms with E-state index in [9.17, 15) is 4.79 Å². The average molecular weight is 360 g/mol. The van der Waals surface area contributed by atoms with Crippen LogP contribution >= 0.6 is 11.3 Å². The molecular formula is C19H24N2O3S. The number of hydrogen-bond acceptors (Lipinski definition) is 5. The van der Waals surface area contributed by atoms with Crippen molar-refractivity contribution in [2.75, 3.05) is 13.2 Å². The van der Waals surface area contributed by atoms with Crippen molar-refractivity contribution in [3.8, 4) is 11.5 Å². The lowest BCUT2D eigenvalue weighted by Crippen LogP contribution is -2.24. The summed E-state index contributed by atoms with van der Waals surface area (Å²) in [5.41, 5.74) is 1.75. The van der Waals surface area contributed by atoms with Gasteiger partial charge in [-0.3, -0.25) is 4.79 Å². The van der Waals surface area contributed by atoms with E-state index in [1.807, 2.05) is 51.3 Å². The molecule has 0 fully saturated rings. The van der Waals surface area contributed by atoms with E-state index in [2.05, 4.69) is 10.3 Å². The summed E-state index contributed by atoms with van der Waals surface area (Å²) in [6.07, 6.45) is 3.22. The number of aryl methyl sites for hydroxylation is 1. The van der Waals surface area contributed by atoms with E-state index >= 15 is 0 Å². The van der Waals surface area contributed by atoms with Crippen LogP contribution in [0.25, 0.3) is 6.08 Å². The molecule has 5 nitrogen and oxygen atoms in total. The Morgan fingerprint density at radius 2 is 2.00 bits per heavy atom. The third-order valence-corrected chi connectivity index (χ3v) is 4.26. The molecule has 1 N–H and O–H groups in total. The molecule has 1 heterocycles. The Morgan fingerprint density at radius 1 is 1.28 bits per heavy atom. The van der Waals surface area contributed by atoms with Crippen LogP contribution in [0.3, 0.4) is 0 Å². The molecule has 1 atom stereocenters. The molecule has 1 aromatic carbocycles. The number of amides is 1. The molecule has 25 heavy (non-hydrogen) atoms. The zero-order valence-electron chi connectivity index (χ0n) is 15.0. The van der Waals surface area contributed by atoms with Gasteiger partial charge in [0, 0.05) is 11.5 Å². The lowest BCUT2D eigenvalue weighted by molar-refractivity contribution is -0.117. The summed E-state index contributed by atoms with van der Waals surface area (Å²) in [5, 5.41) is 5.85. The molecule has 6 heteroatoms. The van der Waals surface area contributed by atoms with E-state index in [4.69, 9.17) is 9.47 Å². The van der Waals surface area contributed by atoms with Crippen LogP contribution in [-0.2, 0) is 4.79 Å². The highest BCUT2D eigenvalue weighted by molar-refractivity contribution is 7.09. The number of aromatic nitrogens is 1. The second-order valence-electron chi connectivity index (χ2n) is 5.43. The molecule has 2 aromatic rings. The molecule has 0 aliphatic heterocycles. The van der Waals surface area contributed by atoms with Crippen molar-refractivity contribution in [1.82, 2.24) is 10.3 Å². The molecular weight excluding hydrogens is 336 g/mol. The Labute approximate surface area is 152 Å². The summed E-state index contributed by atoms with van der Waals surface area (Å²) in [7, 11) is 0. The summed E-state index contributed by atoms with van der Waals surface area (Å²) in [6, 6.07) is 5.57. The van der Waals surface area contributed by atoms with Crippen LogP contribution in [0.5, 0.6) is 11.5 Å². The van der Waals surface area contributed by atoms with Gasteiger partial charge in [0.1, 0.15) is 0 Å². The zero-order valence-corrected chi connectivity index (χ0v) is 15.9. The van der Waals surface area contributed by atoms with Gasteiger partial charge in [0.2, 0.25) is 5.91 Å². The summed E-state index contributed by atoms with van der Waals surface area (Å²) in [5.74, 6) is 1.24. The second-order valence-corrected chi connectivity index (χ2v) is 6.49. The maximum atomic E-state index is 12.1. The lowest BCUT2D eigenvalue weighted by Gasteiger charge is -2.17. The van der Waals surface area contributed by atoms with Gasteiger partial charge < -0.3 is 14.8 Å².